The van der Waals surface area contributed by atoms with Crippen molar-refractivity contribution in [2.75, 3.05) is 6.54 Å². The van der Waals surface area contributed by atoms with Crippen LogP contribution in [-0.2, 0) is 6.42 Å². The lowest BCUT2D eigenvalue weighted by Crippen LogP contribution is -2.02. The van der Waals surface area contributed by atoms with Crippen LogP contribution in [0.1, 0.15) is 5.69 Å². The summed E-state index contributed by atoms with van der Waals surface area (Å²) in [5.41, 5.74) is 7.56. The highest BCUT2D eigenvalue weighted by atomic mass is 79.9. The van der Waals surface area contributed by atoms with Crippen LogP contribution in [0.25, 0.3) is 10.9 Å². The molecule has 4 heteroatoms. The molecule has 2 aromatic rings. The van der Waals surface area contributed by atoms with E-state index in [9.17, 15) is 0 Å². The topological polar surface area (TPSA) is 41.8 Å². The van der Waals surface area contributed by atoms with Gasteiger partial charge in [-0.05, 0) is 18.7 Å². The monoisotopic (exact) mass is 272 g/mol. The number of nitrogens with one attached hydrogen (secondary N) is 1. The average Bonchev–Trinajstić information content (AvgIpc) is 2.46. The van der Waals surface area contributed by atoms with Gasteiger partial charge in [0, 0.05) is 27.5 Å². The second-order valence-electron chi connectivity index (χ2n) is 3.12. The largest absolute Gasteiger partial charge is 0.357 e. The third-order valence-electron chi connectivity index (χ3n) is 2.18. The van der Waals surface area contributed by atoms with Gasteiger partial charge in [-0.2, -0.15) is 0 Å². The minimum absolute atomic E-state index is 0.601. The van der Waals surface area contributed by atoms with E-state index < -0.39 is 0 Å². The standard InChI is InChI=1S/C10H10BrClN2/c11-6-2-1-3-7-9(6)10(12)8(14-7)4-5-13/h1-3,14H,4-5,13H2. The predicted octanol–water partition coefficient (Wildman–Crippen LogP) is 3.09. The average molecular weight is 274 g/mol. The number of aromatic nitrogens is 1. The molecule has 0 bridgehead atoms. The zero-order valence-electron chi connectivity index (χ0n) is 7.48. The summed E-state index contributed by atoms with van der Waals surface area (Å²) in [6.45, 7) is 0.601. The molecule has 0 aliphatic heterocycles. The van der Waals surface area contributed by atoms with Gasteiger partial charge in [-0.15, -0.1) is 0 Å². The Balaban J connectivity index is 2.68. The lowest BCUT2D eigenvalue weighted by Gasteiger charge is -1.94. The summed E-state index contributed by atoms with van der Waals surface area (Å²) < 4.78 is 1.01. The molecule has 0 unspecified atom stereocenters. The van der Waals surface area contributed by atoms with Crippen LogP contribution in [0.5, 0.6) is 0 Å². The fraction of sp³-hybridized carbons (Fsp3) is 0.200. The maximum atomic E-state index is 6.22. The van der Waals surface area contributed by atoms with E-state index >= 15 is 0 Å². The van der Waals surface area contributed by atoms with Gasteiger partial charge in [0.25, 0.3) is 0 Å². The molecule has 2 rings (SSSR count). The van der Waals surface area contributed by atoms with Gasteiger partial charge in [0.15, 0.2) is 0 Å². The van der Waals surface area contributed by atoms with Crippen LogP contribution in [0.4, 0.5) is 0 Å². The molecule has 0 fully saturated rings. The van der Waals surface area contributed by atoms with Crippen LogP contribution in [0, 0.1) is 0 Å². The maximum absolute atomic E-state index is 6.22. The van der Waals surface area contributed by atoms with Crippen molar-refractivity contribution >= 4 is 38.4 Å². The summed E-state index contributed by atoms with van der Waals surface area (Å²) in [5.74, 6) is 0. The molecule has 2 nitrogen and oxygen atoms in total. The minimum atomic E-state index is 0.601. The maximum Gasteiger partial charge on any atom is 0.0703 e. The van der Waals surface area contributed by atoms with Gasteiger partial charge >= 0.3 is 0 Å². The molecule has 1 aromatic carbocycles. The van der Waals surface area contributed by atoms with Crippen molar-refractivity contribution in [3.05, 3.63) is 33.4 Å². The fourth-order valence-electron chi connectivity index (χ4n) is 1.54. The second kappa shape index (κ2) is 3.93. The molecule has 0 aliphatic carbocycles. The van der Waals surface area contributed by atoms with Crippen LogP contribution in [-0.4, -0.2) is 11.5 Å². The van der Waals surface area contributed by atoms with Crippen molar-refractivity contribution in [1.82, 2.24) is 4.98 Å². The van der Waals surface area contributed by atoms with Gasteiger partial charge in [0.1, 0.15) is 0 Å². The highest BCUT2D eigenvalue weighted by Crippen LogP contribution is 2.33. The van der Waals surface area contributed by atoms with Crippen molar-refractivity contribution in [3.63, 3.8) is 0 Å². The van der Waals surface area contributed by atoms with Crippen molar-refractivity contribution in [1.29, 1.82) is 0 Å². The molecule has 3 N–H and O–H groups in total. The number of rotatable bonds is 2. The molecule has 14 heavy (non-hydrogen) atoms. The molecule has 1 aromatic heterocycles. The molecule has 0 saturated carbocycles. The Kier molecular flexibility index (Phi) is 2.81. The van der Waals surface area contributed by atoms with E-state index in [0.717, 1.165) is 32.5 Å². The van der Waals surface area contributed by atoms with Gasteiger partial charge in [0.05, 0.1) is 5.02 Å². The summed E-state index contributed by atoms with van der Waals surface area (Å²) >= 11 is 9.70. The van der Waals surface area contributed by atoms with E-state index in [1.165, 1.54) is 0 Å². The highest BCUT2D eigenvalue weighted by molar-refractivity contribution is 9.10. The summed E-state index contributed by atoms with van der Waals surface area (Å²) in [5, 5.41) is 1.82. The Morgan fingerprint density at radius 2 is 2.21 bits per heavy atom. The lowest BCUT2D eigenvalue weighted by molar-refractivity contribution is 0.940. The summed E-state index contributed by atoms with van der Waals surface area (Å²) in [7, 11) is 0. The zero-order valence-corrected chi connectivity index (χ0v) is 9.82. The summed E-state index contributed by atoms with van der Waals surface area (Å²) in [4.78, 5) is 3.26. The van der Waals surface area contributed by atoms with Gasteiger partial charge in [-0.3, -0.25) is 0 Å². The Labute approximate surface area is 95.6 Å². The quantitative estimate of drug-likeness (QED) is 0.867. The molecule has 0 radical (unpaired) electrons. The zero-order chi connectivity index (χ0) is 10.1. The number of fused-ring (bicyclic) bond motifs is 1. The molecule has 0 amide bonds. The third-order valence-corrected chi connectivity index (χ3v) is 3.26. The molecular formula is C10H10BrClN2. The van der Waals surface area contributed by atoms with E-state index in [1.807, 2.05) is 18.2 Å². The molecule has 0 atom stereocenters. The Bertz CT molecular complexity index is 464. The van der Waals surface area contributed by atoms with Gasteiger partial charge in [0.2, 0.25) is 0 Å². The van der Waals surface area contributed by atoms with Crippen molar-refractivity contribution in [3.8, 4) is 0 Å². The Hall–Kier alpha value is -0.510. The molecule has 0 aliphatic rings. The highest BCUT2D eigenvalue weighted by Gasteiger charge is 2.10. The smallest absolute Gasteiger partial charge is 0.0703 e. The first-order valence-corrected chi connectivity index (χ1v) is 5.55. The first-order chi connectivity index (χ1) is 6.74. The molecular weight excluding hydrogens is 263 g/mol. The number of hydrogen-bond acceptors (Lipinski definition) is 1. The number of benzene rings is 1. The van der Waals surface area contributed by atoms with E-state index in [0.29, 0.717) is 6.54 Å². The number of hydrogen-bond donors (Lipinski definition) is 2. The van der Waals surface area contributed by atoms with E-state index in [1.54, 1.807) is 0 Å². The lowest BCUT2D eigenvalue weighted by atomic mass is 10.2. The van der Waals surface area contributed by atoms with Gasteiger partial charge in [-0.25, -0.2) is 0 Å². The molecule has 0 spiro atoms. The number of aromatic amines is 1. The van der Waals surface area contributed by atoms with Crippen LogP contribution >= 0.6 is 27.5 Å². The Morgan fingerprint density at radius 1 is 1.43 bits per heavy atom. The van der Waals surface area contributed by atoms with Crippen molar-refractivity contribution in [2.45, 2.75) is 6.42 Å². The number of nitrogens with two attached hydrogens (primary N) is 1. The first-order valence-electron chi connectivity index (χ1n) is 4.38. The van der Waals surface area contributed by atoms with Crippen LogP contribution < -0.4 is 5.73 Å². The predicted molar refractivity (Wildman–Crippen MR) is 63.8 cm³/mol. The SMILES string of the molecule is NCCc1[nH]c2cccc(Br)c2c1Cl. The van der Waals surface area contributed by atoms with E-state index in [-0.39, 0.29) is 0 Å². The fourth-order valence-corrected chi connectivity index (χ4v) is 2.56. The summed E-state index contributed by atoms with van der Waals surface area (Å²) in [6.07, 6.45) is 0.778. The second-order valence-corrected chi connectivity index (χ2v) is 4.35. The molecule has 0 saturated heterocycles. The first kappa shape index (κ1) is 10.0. The van der Waals surface area contributed by atoms with E-state index in [4.69, 9.17) is 17.3 Å². The number of H-pyrrole nitrogens is 1. The van der Waals surface area contributed by atoms with Crippen LogP contribution in [0.15, 0.2) is 22.7 Å². The van der Waals surface area contributed by atoms with Gasteiger partial charge < -0.3 is 10.7 Å². The Morgan fingerprint density at radius 3 is 2.86 bits per heavy atom. The normalized spacial score (nSPS) is 11.1. The van der Waals surface area contributed by atoms with Crippen molar-refractivity contribution in [2.24, 2.45) is 5.73 Å². The van der Waals surface area contributed by atoms with Crippen molar-refractivity contribution < 1.29 is 0 Å². The van der Waals surface area contributed by atoms with Gasteiger partial charge in [-0.1, -0.05) is 33.6 Å². The minimum Gasteiger partial charge on any atom is -0.357 e. The van der Waals surface area contributed by atoms with Crippen LogP contribution in [0.2, 0.25) is 5.02 Å². The number of halogens is 2. The summed E-state index contributed by atoms with van der Waals surface area (Å²) in [6, 6.07) is 5.96. The third kappa shape index (κ3) is 1.56. The molecule has 74 valence electrons. The van der Waals surface area contributed by atoms with Crippen LogP contribution in [0.3, 0.4) is 0 Å². The van der Waals surface area contributed by atoms with E-state index in [2.05, 4.69) is 20.9 Å². The molecule has 1 heterocycles.